The van der Waals surface area contributed by atoms with Crippen LogP contribution in [0.1, 0.15) is 25.8 Å². The molecule has 1 aliphatic heterocycles. The van der Waals surface area contributed by atoms with Gasteiger partial charge in [-0.15, -0.1) is 0 Å². The lowest BCUT2D eigenvalue weighted by molar-refractivity contribution is -0.148. The maximum Gasteiger partial charge on any atom is 0.409 e. The second-order valence-corrected chi connectivity index (χ2v) is 7.95. The highest BCUT2D eigenvalue weighted by atomic mass is 31.2. The van der Waals surface area contributed by atoms with Crippen molar-refractivity contribution in [3.05, 3.63) is 29.8 Å². The van der Waals surface area contributed by atoms with Crippen LogP contribution in [0.15, 0.2) is 24.3 Å². The molecular weight excluding hydrogens is 358 g/mol. The minimum absolute atomic E-state index is 0.0255. The molecule has 2 rings (SSSR count). The van der Waals surface area contributed by atoms with Crippen LogP contribution in [0.4, 0.5) is 18.9 Å². The van der Waals surface area contributed by atoms with Gasteiger partial charge in [-0.25, -0.2) is 0 Å². The fourth-order valence-corrected chi connectivity index (χ4v) is 4.87. The van der Waals surface area contributed by atoms with Crippen molar-refractivity contribution in [2.24, 2.45) is 0 Å². The quantitative estimate of drug-likeness (QED) is 0.692. The topological polar surface area (TPSA) is 55.8 Å². The number of amides is 1. The average Bonchev–Trinajstić information content (AvgIpc) is 2.87. The third-order valence-electron chi connectivity index (χ3n) is 3.97. The minimum atomic E-state index is -4.65. The maximum atomic E-state index is 13.5. The molecule has 1 aliphatic rings. The molecule has 0 aliphatic carbocycles. The van der Waals surface area contributed by atoms with Gasteiger partial charge in [0.1, 0.15) is 11.7 Å². The number of alkyl halides is 3. The number of halogens is 3. The maximum absolute atomic E-state index is 13.5. The van der Waals surface area contributed by atoms with Crippen LogP contribution in [0.5, 0.6) is 0 Å². The number of hydrogen-bond donors (Lipinski definition) is 0. The molecule has 5 nitrogen and oxygen atoms in total. The van der Waals surface area contributed by atoms with Crippen molar-refractivity contribution in [3.8, 4) is 0 Å². The summed E-state index contributed by atoms with van der Waals surface area (Å²) in [5.41, 5.74) is -0.509. The van der Waals surface area contributed by atoms with E-state index in [1.165, 1.54) is 12.1 Å². The standard InChI is InChI=1S/C16H21F3NO4P/c1-4-23-25(22,24-5-2)13-10-14(16(17,18)19)20(15(13)21)12-8-6-11(3)7-9-12/h6-9,13-14H,4-5,10H2,1-3H3. The van der Waals surface area contributed by atoms with E-state index >= 15 is 0 Å². The van der Waals surface area contributed by atoms with Crippen LogP contribution in [0.2, 0.25) is 0 Å². The zero-order valence-electron chi connectivity index (χ0n) is 14.2. The van der Waals surface area contributed by atoms with Crippen molar-refractivity contribution < 1.29 is 31.6 Å². The van der Waals surface area contributed by atoms with E-state index < -0.39 is 37.8 Å². The molecule has 1 aromatic rings. The van der Waals surface area contributed by atoms with Gasteiger partial charge in [-0.1, -0.05) is 17.7 Å². The number of hydrogen-bond acceptors (Lipinski definition) is 4. The number of carbonyl (C=O) groups is 1. The van der Waals surface area contributed by atoms with Gasteiger partial charge in [-0.2, -0.15) is 13.2 Å². The molecule has 0 spiro atoms. The van der Waals surface area contributed by atoms with E-state index in [1.54, 1.807) is 32.9 Å². The molecule has 0 N–H and O–H groups in total. The SMILES string of the molecule is CCOP(=O)(OCC)C1CC(C(F)(F)F)N(c2ccc(C)cc2)C1=O. The van der Waals surface area contributed by atoms with Gasteiger partial charge in [0.2, 0.25) is 5.91 Å². The van der Waals surface area contributed by atoms with Gasteiger partial charge >= 0.3 is 13.8 Å². The molecule has 2 atom stereocenters. The van der Waals surface area contributed by atoms with Crippen molar-refractivity contribution in [2.45, 2.75) is 45.1 Å². The van der Waals surface area contributed by atoms with Crippen LogP contribution < -0.4 is 4.90 Å². The second-order valence-electron chi connectivity index (χ2n) is 5.73. The summed E-state index contributed by atoms with van der Waals surface area (Å²) in [6.45, 7) is 4.83. The Labute approximate surface area is 144 Å². The Morgan fingerprint density at radius 2 is 1.68 bits per heavy atom. The zero-order valence-corrected chi connectivity index (χ0v) is 15.1. The van der Waals surface area contributed by atoms with Crippen LogP contribution in [-0.2, 0) is 18.4 Å². The van der Waals surface area contributed by atoms with Crippen LogP contribution in [-0.4, -0.2) is 37.0 Å². The summed E-state index contributed by atoms with van der Waals surface area (Å²) in [7, 11) is -3.99. The zero-order chi connectivity index (χ0) is 18.8. The van der Waals surface area contributed by atoms with E-state index in [0.717, 1.165) is 5.56 Å². The number of rotatable bonds is 6. The number of nitrogens with zero attached hydrogens (tertiary/aromatic N) is 1. The lowest BCUT2D eigenvalue weighted by atomic mass is 10.2. The van der Waals surface area contributed by atoms with E-state index in [-0.39, 0.29) is 18.9 Å². The van der Waals surface area contributed by atoms with Crippen LogP contribution in [0.25, 0.3) is 0 Å². The van der Waals surface area contributed by atoms with Crippen LogP contribution >= 0.6 is 7.60 Å². The average molecular weight is 379 g/mol. The number of benzene rings is 1. The molecular formula is C16H21F3NO4P. The Kier molecular flexibility index (Phi) is 5.97. The molecule has 0 aromatic heterocycles. The van der Waals surface area contributed by atoms with Crippen LogP contribution in [0, 0.1) is 6.92 Å². The lowest BCUT2D eigenvalue weighted by Gasteiger charge is -2.26. The predicted molar refractivity (Wildman–Crippen MR) is 87.8 cm³/mol. The summed E-state index contributed by atoms with van der Waals surface area (Å²) in [6, 6.07) is 4.06. The molecule has 0 radical (unpaired) electrons. The van der Waals surface area contributed by atoms with Crippen molar-refractivity contribution >= 4 is 19.2 Å². The summed E-state index contributed by atoms with van der Waals surface area (Å²) in [5.74, 6) is -0.892. The molecule has 1 heterocycles. The normalized spacial score (nSPS) is 21.8. The Morgan fingerprint density at radius 1 is 1.16 bits per heavy atom. The summed E-state index contributed by atoms with van der Waals surface area (Å²) in [6.07, 6.45) is -5.31. The van der Waals surface area contributed by atoms with Gasteiger partial charge in [-0.05, 0) is 32.9 Å². The number of carbonyl (C=O) groups excluding carboxylic acids is 1. The molecule has 25 heavy (non-hydrogen) atoms. The fourth-order valence-electron chi connectivity index (χ4n) is 2.87. The summed E-state index contributed by atoms with van der Waals surface area (Å²) in [5, 5.41) is 0. The number of anilines is 1. The van der Waals surface area contributed by atoms with Crippen molar-refractivity contribution in [2.75, 3.05) is 18.1 Å². The van der Waals surface area contributed by atoms with Crippen molar-refractivity contribution in [3.63, 3.8) is 0 Å². The van der Waals surface area contributed by atoms with Gasteiger partial charge in [0.15, 0.2) is 0 Å². The predicted octanol–water partition coefficient (Wildman–Crippen LogP) is 4.30. The lowest BCUT2D eigenvalue weighted by Crippen LogP contribution is -2.43. The fraction of sp³-hybridized carbons (Fsp3) is 0.562. The first-order valence-electron chi connectivity index (χ1n) is 7.99. The Hall–Kier alpha value is -1.37. The van der Waals surface area contributed by atoms with Crippen molar-refractivity contribution in [1.82, 2.24) is 0 Å². The molecule has 1 aromatic carbocycles. The molecule has 1 saturated heterocycles. The molecule has 0 saturated carbocycles. The summed E-state index contributed by atoms with van der Waals surface area (Å²) >= 11 is 0. The highest BCUT2D eigenvalue weighted by Gasteiger charge is 2.59. The second kappa shape index (κ2) is 7.48. The van der Waals surface area contributed by atoms with Gasteiger partial charge in [0.25, 0.3) is 0 Å². The third-order valence-corrected chi connectivity index (χ3v) is 6.40. The van der Waals surface area contributed by atoms with Crippen LogP contribution in [0.3, 0.4) is 0 Å². The van der Waals surface area contributed by atoms with Gasteiger partial charge in [-0.3, -0.25) is 14.3 Å². The van der Waals surface area contributed by atoms with Gasteiger partial charge in [0.05, 0.1) is 13.2 Å². The minimum Gasteiger partial charge on any atom is -0.308 e. The first-order chi connectivity index (χ1) is 11.6. The smallest absolute Gasteiger partial charge is 0.308 e. The third kappa shape index (κ3) is 4.07. The first-order valence-corrected chi connectivity index (χ1v) is 9.60. The Morgan fingerprint density at radius 3 is 2.12 bits per heavy atom. The highest BCUT2D eigenvalue weighted by molar-refractivity contribution is 7.55. The van der Waals surface area contributed by atoms with Crippen molar-refractivity contribution in [1.29, 1.82) is 0 Å². The number of aryl methyl sites for hydroxylation is 1. The van der Waals surface area contributed by atoms with E-state index in [0.29, 0.717) is 4.90 Å². The van der Waals surface area contributed by atoms with E-state index in [1.807, 2.05) is 0 Å². The molecule has 1 amide bonds. The summed E-state index contributed by atoms with van der Waals surface area (Å²) < 4.78 is 63.6. The molecule has 9 heteroatoms. The molecule has 140 valence electrons. The monoisotopic (exact) mass is 379 g/mol. The van der Waals surface area contributed by atoms with Gasteiger partial charge < -0.3 is 9.05 Å². The molecule has 1 fully saturated rings. The largest absolute Gasteiger partial charge is 0.409 e. The summed E-state index contributed by atoms with van der Waals surface area (Å²) in [4.78, 5) is 13.4. The van der Waals surface area contributed by atoms with E-state index in [9.17, 15) is 22.5 Å². The van der Waals surface area contributed by atoms with E-state index in [2.05, 4.69) is 0 Å². The Balaban J connectivity index is 2.45. The van der Waals surface area contributed by atoms with Gasteiger partial charge in [0, 0.05) is 12.1 Å². The Bertz CT molecular complexity index is 652. The van der Waals surface area contributed by atoms with E-state index in [4.69, 9.17) is 9.05 Å². The molecule has 0 bridgehead atoms. The highest BCUT2D eigenvalue weighted by Crippen LogP contribution is 2.58. The molecule has 2 unspecified atom stereocenters. The first kappa shape index (κ1) is 19.9.